The van der Waals surface area contributed by atoms with Gasteiger partial charge in [-0.3, -0.25) is 0 Å². The topological polar surface area (TPSA) is 41.1 Å². The third-order valence-electron chi connectivity index (χ3n) is 4.06. The number of anilines is 2. The predicted molar refractivity (Wildman–Crippen MR) is 86.8 cm³/mol. The summed E-state index contributed by atoms with van der Waals surface area (Å²) in [5.74, 6) is 1.85. The summed E-state index contributed by atoms with van der Waals surface area (Å²) in [5.41, 5.74) is 0.460. The molecule has 1 aliphatic heterocycles. The third kappa shape index (κ3) is 2.59. The molecule has 0 bridgehead atoms. The summed E-state index contributed by atoms with van der Waals surface area (Å²) >= 11 is 1.69. The molecule has 3 heterocycles. The molecule has 3 rings (SSSR count). The Labute approximate surface area is 124 Å². The Bertz CT molecular complexity index is 595. The van der Waals surface area contributed by atoms with Gasteiger partial charge in [-0.05, 0) is 36.6 Å². The molecular weight excluding hydrogens is 268 g/mol. The Balaban J connectivity index is 1.95. The number of nitrogens with zero attached hydrogens (tertiary/aromatic N) is 3. The van der Waals surface area contributed by atoms with Crippen LogP contribution in [0, 0.1) is 5.41 Å². The van der Waals surface area contributed by atoms with Crippen molar-refractivity contribution in [2.75, 3.05) is 29.9 Å². The minimum atomic E-state index is 0.460. The summed E-state index contributed by atoms with van der Waals surface area (Å²) < 4.78 is 0. The number of rotatable bonds is 3. The highest BCUT2D eigenvalue weighted by molar-refractivity contribution is 7.16. The molecule has 2 aromatic rings. The maximum Gasteiger partial charge on any atom is 0.226 e. The molecule has 108 valence electrons. The number of hydrogen-bond acceptors (Lipinski definition) is 5. The van der Waals surface area contributed by atoms with Crippen molar-refractivity contribution in [1.29, 1.82) is 0 Å². The summed E-state index contributed by atoms with van der Waals surface area (Å²) in [7, 11) is 0. The Hall–Kier alpha value is -1.36. The second-order valence-corrected chi connectivity index (χ2v) is 7.09. The molecule has 1 aliphatic rings. The van der Waals surface area contributed by atoms with Gasteiger partial charge >= 0.3 is 0 Å². The van der Waals surface area contributed by atoms with Crippen molar-refractivity contribution in [3.8, 4) is 0 Å². The summed E-state index contributed by atoms with van der Waals surface area (Å²) in [5, 5.41) is 6.54. The van der Waals surface area contributed by atoms with Gasteiger partial charge in [-0.15, -0.1) is 11.3 Å². The summed E-state index contributed by atoms with van der Waals surface area (Å²) in [6.45, 7) is 9.80. The average molecular weight is 290 g/mol. The second kappa shape index (κ2) is 5.20. The number of thiophene rings is 1. The molecular formula is C15H22N4S. The molecule has 0 saturated carbocycles. The minimum absolute atomic E-state index is 0.460. The molecule has 0 amide bonds. The van der Waals surface area contributed by atoms with Crippen molar-refractivity contribution >= 4 is 33.3 Å². The van der Waals surface area contributed by atoms with Crippen LogP contribution in [0.25, 0.3) is 10.2 Å². The van der Waals surface area contributed by atoms with Crippen LogP contribution in [0.1, 0.15) is 33.6 Å². The van der Waals surface area contributed by atoms with Crippen LogP contribution in [0.3, 0.4) is 0 Å². The lowest BCUT2D eigenvalue weighted by atomic mass is 9.82. The fourth-order valence-electron chi connectivity index (χ4n) is 2.64. The number of nitrogens with one attached hydrogen (secondary N) is 1. The normalized spacial score (nSPS) is 18.4. The molecule has 5 heteroatoms. The molecule has 0 aliphatic carbocycles. The fraction of sp³-hybridized carbons (Fsp3) is 0.600. The largest absolute Gasteiger partial charge is 0.356 e. The van der Waals surface area contributed by atoms with Crippen LogP contribution in [-0.2, 0) is 0 Å². The van der Waals surface area contributed by atoms with Crippen LogP contribution in [0.15, 0.2) is 11.4 Å². The van der Waals surface area contributed by atoms with Crippen LogP contribution < -0.4 is 10.2 Å². The molecule has 2 aromatic heterocycles. The van der Waals surface area contributed by atoms with Gasteiger partial charge in [-0.25, -0.2) is 4.98 Å². The SMILES string of the molecule is CCNc1nc(N2CCC(C)(C)CC2)c2ccsc2n1. The Morgan fingerprint density at radius 3 is 2.75 bits per heavy atom. The first kappa shape index (κ1) is 13.6. The summed E-state index contributed by atoms with van der Waals surface area (Å²) in [6.07, 6.45) is 2.44. The second-order valence-electron chi connectivity index (χ2n) is 6.19. The Morgan fingerprint density at radius 2 is 2.05 bits per heavy atom. The highest BCUT2D eigenvalue weighted by atomic mass is 32.1. The highest BCUT2D eigenvalue weighted by Crippen LogP contribution is 2.35. The lowest BCUT2D eigenvalue weighted by molar-refractivity contribution is 0.279. The fourth-order valence-corrected chi connectivity index (χ4v) is 3.40. The van der Waals surface area contributed by atoms with Crippen molar-refractivity contribution < 1.29 is 0 Å². The van der Waals surface area contributed by atoms with E-state index in [0.717, 1.165) is 36.2 Å². The van der Waals surface area contributed by atoms with E-state index in [9.17, 15) is 0 Å². The molecule has 0 atom stereocenters. The van der Waals surface area contributed by atoms with Crippen LogP contribution in [-0.4, -0.2) is 29.6 Å². The Kier molecular flexibility index (Phi) is 3.54. The van der Waals surface area contributed by atoms with Gasteiger partial charge in [0.25, 0.3) is 0 Å². The van der Waals surface area contributed by atoms with E-state index in [1.165, 1.54) is 18.2 Å². The van der Waals surface area contributed by atoms with E-state index in [4.69, 9.17) is 4.98 Å². The monoisotopic (exact) mass is 290 g/mol. The van der Waals surface area contributed by atoms with Gasteiger partial charge in [0.05, 0.1) is 5.39 Å². The highest BCUT2D eigenvalue weighted by Gasteiger charge is 2.27. The molecule has 0 aromatic carbocycles. The first-order valence-electron chi connectivity index (χ1n) is 7.33. The van der Waals surface area contributed by atoms with Gasteiger partial charge in [0.15, 0.2) is 0 Å². The first-order chi connectivity index (χ1) is 9.59. The lowest BCUT2D eigenvalue weighted by Crippen LogP contribution is -2.38. The van der Waals surface area contributed by atoms with E-state index in [0.29, 0.717) is 5.41 Å². The van der Waals surface area contributed by atoms with Gasteiger partial charge in [-0.1, -0.05) is 13.8 Å². The molecule has 1 saturated heterocycles. The van der Waals surface area contributed by atoms with Crippen LogP contribution in [0.5, 0.6) is 0 Å². The van der Waals surface area contributed by atoms with Crippen molar-refractivity contribution in [3.63, 3.8) is 0 Å². The molecule has 1 N–H and O–H groups in total. The number of hydrogen-bond donors (Lipinski definition) is 1. The van der Waals surface area contributed by atoms with Crippen LogP contribution in [0.2, 0.25) is 0 Å². The average Bonchev–Trinajstić information content (AvgIpc) is 2.86. The molecule has 20 heavy (non-hydrogen) atoms. The van der Waals surface area contributed by atoms with Crippen LogP contribution in [0.4, 0.5) is 11.8 Å². The maximum atomic E-state index is 4.74. The first-order valence-corrected chi connectivity index (χ1v) is 8.21. The number of fused-ring (bicyclic) bond motifs is 1. The standard InChI is InChI=1S/C15H22N4S/c1-4-16-14-17-12(11-5-10-20-13(11)18-14)19-8-6-15(2,3)7-9-19/h5,10H,4,6-9H2,1-3H3,(H,16,17,18). The van der Waals surface area contributed by atoms with Gasteiger partial charge in [0.2, 0.25) is 5.95 Å². The molecule has 0 unspecified atom stereocenters. The van der Waals surface area contributed by atoms with Gasteiger partial charge in [0, 0.05) is 19.6 Å². The van der Waals surface area contributed by atoms with Gasteiger partial charge in [-0.2, -0.15) is 4.98 Å². The van der Waals surface area contributed by atoms with E-state index in [2.05, 4.69) is 47.4 Å². The summed E-state index contributed by atoms with van der Waals surface area (Å²) in [6, 6.07) is 2.14. The van der Waals surface area contributed by atoms with Gasteiger partial charge in [0.1, 0.15) is 10.6 Å². The summed E-state index contributed by atoms with van der Waals surface area (Å²) in [4.78, 5) is 12.8. The van der Waals surface area contributed by atoms with E-state index in [-0.39, 0.29) is 0 Å². The van der Waals surface area contributed by atoms with Crippen molar-refractivity contribution in [3.05, 3.63) is 11.4 Å². The third-order valence-corrected chi connectivity index (χ3v) is 4.86. The molecule has 1 fully saturated rings. The predicted octanol–water partition coefficient (Wildman–Crippen LogP) is 3.75. The maximum absolute atomic E-state index is 4.74. The molecule has 4 nitrogen and oxygen atoms in total. The van der Waals surface area contributed by atoms with Gasteiger partial charge < -0.3 is 10.2 Å². The zero-order valence-corrected chi connectivity index (χ0v) is 13.3. The van der Waals surface area contributed by atoms with E-state index < -0.39 is 0 Å². The van der Waals surface area contributed by atoms with Crippen molar-refractivity contribution in [2.45, 2.75) is 33.6 Å². The number of aromatic nitrogens is 2. The zero-order valence-electron chi connectivity index (χ0n) is 12.4. The van der Waals surface area contributed by atoms with E-state index in [1.807, 2.05) is 0 Å². The van der Waals surface area contributed by atoms with E-state index >= 15 is 0 Å². The zero-order chi connectivity index (χ0) is 14.2. The molecule has 0 radical (unpaired) electrons. The van der Waals surface area contributed by atoms with E-state index in [1.54, 1.807) is 11.3 Å². The minimum Gasteiger partial charge on any atom is -0.356 e. The quantitative estimate of drug-likeness (QED) is 0.934. The molecule has 0 spiro atoms. The lowest BCUT2D eigenvalue weighted by Gasteiger charge is -2.37. The van der Waals surface area contributed by atoms with Crippen LogP contribution >= 0.6 is 11.3 Å². The van der Waals surface area contributed by atoms with Crippen molar-refractivity contribution in [1.82, 2.24) is 9.97 Å². The smallest absolute Gasteiger partial charge is 0.226 e. The number of piperidine rings is 1. The van der Waals surface area contributed by atoms with Crippen molar-refractivity contribution in [2.24, 2.45) is 5.41 Å². The Morgan fingerprint density at radius 1 is 1.30 bits per heavy atom.